The number of carbonyl (C=O) groups is 2. The minimum Gasteiger partial charge on any atom is -0.462 e. The van der Waals surface area contributed by atoms with Crippen LogP contribution in [-0.4, -0.2) is 38.5 Å². The van der Waals surface area contributed by atoms with E-state index in [0.717, 1.165) is 24.3 Å². The molecular formula is C18H18N2O8S. The van der Waals surface area contributed by atoms with Gasteiger partial charge in [0.05, 0.1) is 35.0 Å². The fraction of sp³-hybridized carbons (Fsp3) is 0.222. The lowest BCUT2D eigenvalue weighted by Gasteiger charge is -2.12. The molecule has 0 bridgehead atoms. The highest BCUT2D eigenvalue weighted by Gasteiger charge is 2.26. The van der Waals surface area contributed by atoms with Gasteiger partial charge in [0.1, 0.15) is 0 Å². The Kier molecular flexibility index (Phi) is 6.89. The van der Waals surface area contributed by atoms with Gasteiger partial charge in [-0.05, 0) is 38.1 Å². The van der Waals surface area contributed by atoms with E-state index in [1.54, 1.807) is 13.8 Å². The summed E-state index contributed by atoms with van der Waals surface area (Å²) in [5.41, 5.74) is -0.945. The Bertz CT molecular complexity index is 1010. The normalized spacial score (nSPS) is 10.8. The lowest BCUT2D eigenvalue weighted by Crippen LogP contribution is -2.16. The third-order valence-electron chi connectivity index (χ3n) is 3.56. The number of ether oxygens (including phenoxy) is 2. The first-order chi connectivity index (χ1) is 13.7. The van der Waals surface area contributed by atoms with Crippen molar-refractivity contribution in [3.8, 4) is 0 Å². The molecule has 0 saturated carbocycles. The van der Waals surface area contributed by atoms with Crippen LogP contribution in [0.2, 0.25) is 0 Å². The van der Waals surface area contributed by atoms with E-state index in [-0.39, 0.29) is 30.0 Å². The Labute approximate surface area is 166 Å². The van der Waals surface area contributed by atoms with E-state index in [1.807, 2.05) is 0 Å². The number of sulfonamides is 1. The maximum absolute atomic E-state index is 12.7. The van der Waals surface area contributed by atoms with Gasteiger partial charge in [-0.2, -0.15) is 0 Å². The zero-order valence-electron chi connectivity index (χ0n) is 15.6. The van der Waals surface area contributed by atoms with E-state index >= 15 is 0 Å². The van der Waals surface area contributed by atoms with Gasteiger partial charge in [-0.25, -0.2) is 18.0 Å². The number of benzene rings is 2. The van der Waals surface area contributed by atoms with Crippen molar-refractivity contribution in [3.63, 3.8) is 0 Å². The number of nitro groups is 1. The second-order valence-corrected chi connectivity index (χ2v) is 7.22. The molecule has 154 valence electrons. The van der Waals surface area contributed by atoms with Crippen molar-refractivity contribution in [1.29, 1.82) is 0 Å². The number of para-hydroxylation sites is 1. The van der Waals surface area contributed by atoms with Crippen LogP contribution in [0.15, 0.2) is 47.4 Å². The monoisotopic (exact) mass is 422 g/mol. The average Bonchev–Trinajstić information content (AvgIpc) is 2.67. The lowest BCUT2D eigenvalue weighted by atomic mass is 10.1. The molecule has 0 fully saturated rings. The molecule has 1 N–H and O–H groups in total. The second-order valence-electron chi connectivity index (χ2n) is 5.57. The number of esters is 2. The predicted molar refractivity (Wildman–Crippen MR) is 102 cm³/mol. The van der Waals surface area contributed by atoms with Crippen LogP contribution in [0.5, 0.6) is 0 Å². The Morgan fingerprint density at radius 1 is 1.00 bits per heavy atom. The van der Waals surface area contributed by atoms with Gasteiger partial charge in [0.2, 0.25) is 0 Å². The first-order valence-corrected chi connectivity index (χ1v) is 9.93. The summed E-state index contributed by atoms with van der Waals surface area (Å²) in [7, 11) is -4.39. The van der Waals surface area contributed by atoms with Gasteiger partial charge in [0.25, 0.3) is 15.7 Å². The molecule has 0 saturated heterocycles. The summed E-state index contributed by atoms with van der Waals surface area (Å²) in [6, 6.07) is 8.31. The van der Waals surface area contributed by atoms with Gasteiger partial charge < -0.3 is 9.47 Å². The van der Waals surface area contributed by atoms with Crippen molar-refractivity contribution in [2.75, 3.05) is 17.9 Å². The van der Waals surface area contributed by atoms with Gasteiger partial charge >= 0.3 is 11.9 Å². The number of nitrogens with one attached hydrogen (secondary N) is 1. The number of nitro benzene ring substituents is 1. The lowest BCUT2D eigenvalue weighted by molar-refractivity contribution is -0.387. The zero-order chi connectivity index (χ0) is 21.6. The Balaban J connectivity index is 2.52. The molecule has 11 heteroatoms. The summed E-state index contributed by atoms with van der Waals surface area (Å²) in [6.07, 6.45) is 0. The van der Waals surface area contributed by atoms with Gasteiger partial charge in [-0.1, -0.05) is 12.1 Å². The molecule has 0 amide bonds. The average molecular weight is 422 g/mol. The van der Waals surface area contributed by atoms with Crippen LogP contribution in [-0.2, 0) is 19.5 Å². The third kappa shape index (κ3) is 5.29. The second kappa shape index (κ2) is 9.15. The summed E-state index contributed by atoms with van der Waals surface area (Å²) in [5, 5.41) is 11.1. The van der Waals surface area contributed by atoms with Crippen LogP contribution in [0.25, 0.3) is 0 Å². The molecule has 0 aliphatic heterocycles. The standard InChI is InChI=1S/C18H18N2O8S/c1-3-27-17(21)12-9-13(18(22)28-4-2)11-14(10-12)19-29(25,26)16-8-6-5-7-15(16)20(23)24/h5-11,19H,3-4H2,1-2H3. The van der Waals surface area contributed by atoms with E-state index in [9.17, 15) is 28.1 Å². The SMILES string of the molecule is CCOC(=O)c1cc(NS(=O)(=O)c2ccccc2[N+](=O)[O-])cc(C(=O)OCC)c1. The topological polar surface area (TPSA) is 142 Å². The van der Waals surface area contributed by atoms with E-state index in [0.29, 0.717) is 0 Å². The van der Waals surface area contributed by atoms with E-state index in [2.05, 4.69) is 4.72 Å². The molecule has 0 atom stereocenters. The Hall–Kier alpha value is -3.47. The minimum atomic E-state index is -4.39. The highest BCUT2D eigenvalue weighted by molar-refractivity contribution is 7.92. The smallest absolute Gasteiger partial charge is 0.338 e. The molecule has 10 nitrogen and oxygen atoms in total. The number of carbonyl (C=O) groups excluding carboxylic acids is 2. The first kappa shape index (κ1) is 21.8. The summed E-state index contributed by atoms with van der Waals surface area (Å²) in [5.74, 6) is -1.55. The molecule has 29 heavy (non-hydrogen) atoms. The fourth-order valence-corrected chi connectivity index (χ4v) is 3.61. The highest BCUT2D eigenvalue weighted by atomic mass is 32.2. The van der Waals surface area contributed by atoms with Crippen molar-refractivity contribution >= 4 is 33.3 Å². The minimum absolute atomic E-state index is 0.0692. The largest absolute Gasteiger partial charge is 0.462 e. The fourth-order valence-electron chi connectivity index (χ4n) is 2.40. The number of rotatable bonds is 8. The third-order valence-corrected chi connectivity index (χ3v) is 4.99. The molecular weight excluding hydrogens is 404 g/mol. The molecule has 2 aromatic carbocycles. The molecule has 0 aliphatic rings. The predicted octanol–water partition coefficient (Wildman–Crippen LogP) is 2.75. The van der Waals surface area contributed by atoms with Crippen molar-refractivity contribution in [1.82, 2.24) is 0 Å². The molecule has 0 heterocycles. The quantitative estimate of drug-likeness (QED) is 0.389. The molecule has 0 aliphatic carbocycles. The Morgan fingerprint density at radius 3 is 2.00 bits per heavy atom. The molecule has 0 aromatic heterocycles. The number of anilines is 1. The highest BCUT2D eigenvalue weighted by Crippen LogP contribution is 2.26. The maximum Gasteiger partial charge on any atom is 0.338 e. The summed E-state index contributed by atoms with van der Waals surface area (Å²) in [4.78, 5) is 33.9. The van der Waals surface area contributed by atoms with E-state index in [4.69, 9.17) is 9.47 Å². The molecule has 0 radical (unpaired) electrons. The van der Waals surface area contributed by atoms with Crippen LogP contribution < -0.4 is 4.72 Å². The van der Waals surface area contributed by atoms with Crippen LogP contribution in [0.4, 0.5) is 11.4 Å². The van der Waals surface area contributed by atoms with E-state index < -0.39 is 37.5 Å². The summed E-state index contributed by atoms with van der Waals surface area (Å²) < 4.78 is 37.3. The maximum atomic E-state index is 12.7. The first-order valence-electron chi connectivity index (χ1n) is 8.45. The number of hydrogen-bond donors (Lipinski definition) is 1. The number of hydrogen-bond acceptors (Lipinski definition) is 8. The van der Waals surface area contributed by atoms with Crippen LogP contribution in [0.3, 0.4) is 0 Å². The van der Waals surface area contributed by atoms with Crippen molar-refractivity contribution < 1.29 is 32.4 Å². The molecule has 2 aromatic rings. The van der Waals surface area contributed by atoms with Crippen LogP contribution in [0.1, 0.15) is 34.6 Å². The van der Waals surface area contributed by atoms with Gasteiger partial charge in [-0.3, -0.25) is 14.8 Å². The van der Waals surface area contributed by atoms with Crippen LogP contribution in [0, 0.1) is 10.1 Å². The zero-order valence-corrected chi connectivity index (χ0v) is 16.4. The summed E-state index contributed by atoms with van der Waals surface area (Å²) >= 11 is 0. The van der Waals surface area contributed by atoms with Crippen molar-refractivity contribution in [2.24, 2.45) is 0 Å². The van der Waals surface area contributed by atoms with Crippen molar-refractivity contribution in [3.05, 3.63) is 63.7 Å². The van der Waals surface area contributed by atoms with Gasteiger partial charge in [0.15, 0.2) is 4.90 Å². The molecule has 0 unspecified atom stereocenters. The van der Waals surface area contributed by atoms with Gasteiger partial charge in [-0.15, -0.1) is 0 Å². The Morgan fingerprint density at radius 2 is 1.52 bits per heavy atom. The number of nitrogens with zero attached hydrogens (tertiary/aromatic N) is 1. The van der Waals surface area contributed by atoms with Crippen molar-refractivity contribution in [2.45, 2.75) is 18.7 Å². The molecule has 2 rings (SSSR count). The molecule has 0 spiro atoms. The summed E-state index contributed by atoms with van der Waals surface area (Å²) in [6.45, 7) is 3.32. The van der Waals surface area contributed by atoms with Gasteiger partial charge in [0, 0.05) is 6.07 Å². The van der Waals surface area contributed by atoms with E-state index in [1.165, 1.54) is 18.2 Å². The van der Waals surface area contributed by atoms with Crippen LogP contribution >= 0.6 is 0 Å².